The Kier molecular flexibility index (Phi) is 5.80. The van der Waals surface area contributed by atoms with E-state index in [0.29, 0.717) is 19.6 Å². The molecule has 0 radical (unpaired) electrons. The number of rotatable bonds is 5. The Hall–Kier alpha value is -1.15. The molecule has 2 rings (SSSR count). The average Bonchev–Trinajstić information content (AvgIpc) is 2.91. The molecular formula is C14H23N3O3S2. The number of hydrogen-bond donors (Lipinski definition) is 1. The second-order valence-electron chi connectivity index (χ2n) is 5.79. The van der Waals surface area contributed by atoms with E-state index < -0.39 is 9.84 Å². The summed E-state index contributed by atoms with van der Waals surface area (Å²) in [6.45, 7) is 3.67. The lowest BCUT2D eigenvalue weighted by Gasteiger charge is -2.32. The van der Waals surface area contributed by atoms with Crippen molar-refractivity contribution >= 4 is 27.2 Å². The van der Waals surface area contributed by atoms with Gasteiger partial charge in [0.2, 0.25) is 0 Å². The van der Waals surface area contributed by atoms with Crippen molar-refractivity contribution in [2.45, 2.75) is 32.7 Å². The van der Waals surface area contributed by atoms with Gasteiger partial charge in [0, 0.05) is 24.7 Å². The third-order valence-corrected chi connectivity index (χ3v) is 5.79. The van der Waals surface area contributed by atoms with Crippen LogP contribution in [0.5, 0.6) is 0 Å². The molecule has 2 heterocycles. The number of aryl methyl sites for hydroxylation is 1. The summed E-state index contributed by atoms with van der Waals surface area (Å²) in [7, 11) is -3.00. The lowest BCUT2D eigenvalue weighted by atomic mass is 10.0. The highest BCUT2D eigenvalue weighted by atomic mass is 32.2. The molecule has 1 aliphatic rings. The van der Waals surface area contributed by atoms with E-state index in [2.05, 4.69) is 17.2 Å². The second kappa shape index (κ2) is 7.41. The zero-order chi connectivity index (χ0) is 16.2. The van der Waals surface area contributed by atoms with Crippen molar-refractivity contribution < 1.29 is 13.2 Å². The summed E-state index contributed by atoms with van der Waals surface area (Å²) < 4.78 is 22.8. The van der Waals surface area contributed by atoms with Crippen LogP contribution in [0.4, 0.5) is 4.79 Å². The van der Waals surface area contributed by atoms with Gasteiger partial charge in [0.15, 0.2) is 0 Å². The molecule has 1 N–H and O–H groups in total. The summed E-state index contributed by atoms with van der Waals surface area (Å²) in [5.74, 6) is 0.198. The number of amides is 2. The zero-order valence-electron chi connectivity index (χ0n) is 13.0. The molecule has 0 aromatic carbocycles. The SMILES string of the molecule is CCc1nc(CNC(=O)N2CCC[C@@H](CS(C)(=O)=O)C2)cs1. The second-order valence-corrected chi connectivity index (χ2v) is 8.92. The fourth-order valence-corrected chi connectivity index (χ4v) is 4.56. The number of carbonyl (C=O) groups excluding carboxylic acids is 1. The maximum atomic E-state index is 12.2. The number of likely N-dealkylation sites (tertiary alicyclic amines) is 1. The van der Waals surface area contributed by atoms with Gasteiger partial charge in [-0.25, -0.2) is 18.2 Å². The number of carbonyl (C=O) groups is 1. The van der Waals surface area contributed by atoms with E-state index in [1.54, 1.807) is 16.2 Å². The molecule has 1 aromatic heterocycles. The number of aromatic nitrogens is 1. The molecule has 6 nitrogen and oxygen atoms in total. The first-order valence-corrected chi connectivity index (χ1v) is 10.4. The number of thiazole rings is 1. The molecule has 2 amide bonds. The predicted octanol–water partition coefficient (Wildman–Crippen LogP) is 1.67. The fourth-order valence-electron chi connectivity index (χ4n) is 2.68. The number of nitrogens with one attached hydrogen (secondary N) is 1. The van der Waals surface area contributed by atoms with Crippen LogP contribution in [0.1, 0.15) is 30.5 Å². The van der Waals surface area contributed by atoms with E-state index >= 15 is 0 Å². The molecule has 22 heavy (non-hydrogen) atoms. The van der Waals surface area contributed by atoms with Crippen molar-refractivity contribution in [3.63, 3.8) is 0 Å². The topological polar surface area (TPSA) is 79.4 Å². The van der Waals surface area contributed by atoms with E-state index in [-0.39, 0.29) is 17.7 Å². The molecule has 1 fully saturated rings. The lowest BCUT2D eigenvalue weighted by Crippen LogP contribution is -2.46. The molecule has 8 heteroatoms. The number of nitrogens with zero attached hydrogens (tertiary/aromatic N) is 2. The highest BCUT2D eigenvalue weighted by molar-refractivity contribution is 7.90. The Balaban J connectivity index is 1.83. The molecule has 1 aliphatic heterocycles. The van der Waals surface area contributed by atoms with Crippen LogP contribution < -0.4 is 5.32 Å². The Labute approximate surface area is 135 Å². The quantitative estimate of drug-likeness (QED) is 0.880. The summed E-state index contributed by atoms with van der Waals surface area (Å²) >= 11 is 1.60. The van der Waals surface area contributed by atoms with Crippen LogP contribution >= 0.6 is 11.3 Å². The molecular weight excluding hydrogens is 322 g/mol. The normalized spacial score (nSPS) is 19.2. The van der Waals surface area contributed by atoms with Gasteiger partial charge in [0.25, 0.3) is 0 Å². The third kappa shape index (κ3) is 5.24. The van der Waals surface area contributed by atoms with Crippen LogP contribution in [0.3, 0.4) is 0 Å². The molecule has 0 aliphatic carbocycles. The fraction of sp³-hybridized carbons (Fsp3) is 0.714. The maximum Gasteiger partial charge on any atom is 0.317 e. The van der Waals surface area contributed by atoms with Crippen LogP contribution in [0, 0.1) is 5.92 Å². The van der Waals surface area contributed by atoms with E-state index in [4.69, 9.17) is 0 Å². The molecule has 0 unspecified atom stereocenters. The van der Waals surface area contributed by atoms with Gasteiger partial charge in [-0.1, -0.05) is 6.92 Å². The molecule has 1 atom stereocenters. The van der Waals surface area contributed by atoms with E-state index in [0.717, 1.165) is 30.0 Å². The Morgan fingerprint density at radius 2 is 2.32 bits per heavy atom. The van der Waals surface area contributed by atoms with Gasteiger partial charge in [0.1, 0.15) is 9.84 Å². The van der Waals surface area contributed by atoms with Crippen molar-refractivity contribution in [2.75, 3.05) is 25.1 Å². The minimum absolute atomic E-state index is 0.0421. The van der Waals surface area contributed by atoms with E-state index in [1.807, 2.05) is 5.38 Å². The van der Waals surface area contributed by atoms with Gasteiger partial charge in [-0.05, 0) is 25.2 Å². The highest BCUT2D eigenvalue weighted by Crippen LogP contribution is 2.18. The highest BCUT2D eigenvalue weighted by Gasteiger charge is 2.26. The lowest BCUT2D eigenvalue weighted by molar-refractivity contribution is 0.170. The minimum Gasteiger partial charge on any atom is -0.332 e. The smallest absolute Gasteiger partial charge is 0.317 e. The molecule has 1 saturated heterocycles. The molecule has 0 spiro atoms. The van der Waals surface area contributed by atoms with Crippen LogP contribution in [0.25, 0.3) is 0 Å². The summed E-state index contributed by atoms with van der Waals surface area (Å²) in [6, 6.07) is -0.135. The van der Waals surface area contributed by atoms with E-state index in [9.17, 15) is 13.2 Å². The summed E-state index contributed by atoms with van der Waals surface area (Å²) in [6.07, 6.45) is 3.87. The average molecular weight is 345 g/mol. The van der Waals surface area contributed by atoms with Crippen molar-refractivity contribution in [1.82, 2.24) is 15.2 Å². The number of urea groups is 1. The molecule has 124 valence electrons. The Morgan fingerprint density at radius 3 is 2.95 bits per heavy atom. The van der Waals surface area contributed by atoms with Crippen LogP contribution in [-0.2, 0) is 22.8 Å². The van der Waals surface area contributed by atoms with Crippen LogP contribution in [0.15, 0.2) is 5.38 Å². The van der Waals surface area contributed by atoms with Crippen LogP contribution in [-0.4, -0.2) is 49.4 Å². The largest absolute Gasteiger partial charge is 0.332 e. The first kappa shape index (κ1) is 17.2. The van der Waals surface area contributed by atoms with Crippen LogP contribution in [0.2, 0.25) is 0 Å². The van der Waals surface area contributed by atoms with Gasteiger partial charge in [-0.2, -0.15) is 0 Å². The summed E-state index contributed by atoms with van der Waals surface area (Å²) in [4.78, 5) is 18.3. The van der Waals surface area contributed by atoms with Gasteiger partial charge in [-0.3, -0.25) is 0 Å². The number of hydrogen-bond acceptors (Lipinski definition) is 5. The number of piperidine rings is 1. The first-order valence-electron chi connectivity index (χ1n) is 7.51. The van der Waals surface area contributed by atoms with Crippen molar-refractivity contribution in [3.05, 3.63) is 16.1 Å². The third-order valence-electron chi connectivity index (χ3n) is 3.67. The Morgan fingerprint density at radius 1 is 1.55 bits per heavy atom. The van der Waals surface area contributed by atoms with Gasteiger partial charge < -0.3 is 10.2 Å². The zero-order valence-corrected chi connectivity index (χ0v) is 14.7. The first-order chi connectivity index (χ1) is 10.4. The summed E-state index contributed by atoms with van der Waals surface area (Å²) in [5.41, 5.74) is 0.875. The molecule has 0 saturated carbocycles. The predicted molar refractivity (Wildman–Crippen MR) is 87.7 cm³/mol. The van der Waals surface area contributed by atoms with Crippen molar-refractivity contribution in [1.29, 1.82) is 0 Å². The van der Waals surface area contributed by atoms with Gasteiger partial charge in [-0.15, -0.1) is 11.3 Å². The summed E-state index contributed by atoms with van der Waals surface area (Å²) in [5, 5.41) is 5.90. The molecule has 1 aromatic rings. The number of sulfone groups is 1. The molecule has 0 bridgehead atoms. The van der Waals surface area contributed by atoms with Crippen molar-refractivity contribution in [2.24, 2.45) is 5.92 Å². The minimum atomic E-state index is -3.00. The monoisotopic (exact) mass is 345 g/mol. The van der Waals surface area contributed by atoms with Gasteiger partial charge >= 0.3 is 6.03 Å². The Bertz CT molecular complexity index is 613. The maximum absolute atomic E-state index is 12.2. The standard InChI is InChI=1S/C14H23N3O3S2/c1-3-13-16-12(9-21-13)7-15-14(18)17-6-4-5-11(8-17)10-22(2,19)20/h9,11H,3-8,10H2,1-2H3,(H,15,18)/t11-/m1/s1. The van der Waals surface area contributed by atoms with Gasteiger partial charge in [0.05, 0.1) is 23.0 Å². The van der Waals surface area contributed by atoms with E-state index in [1.165, 1.54) is 6.26 Å². The van der Waals surface area contributed by atoms with Crippen molar-refractivity contribution in [3.8, 4) is 0 Å².